The van der Waals surface area contributed by atoms with Gasteiger partial charge in [0.25, 0.3) is 5.91 Å². The lowest BCUT2D eigenvalue weighted by molar-refractivity contribution is 0.0928. The first-order chi connectivity index (χ1) is 10.1. The number of hydrogen-bond donors (Lipinski definition) is 1. The summed E-state index contributed by atoms with van der Waals surface area (Å²) >= 11 is 11.7. The Morgan fingerprint density at radius 2 is 2.24 bits per heavy atom. The maximum absolute atomic E-state index is 12.3. The van der Waals surface area contributed by atoms with E-state index in [0.29, 0.717) is 5.56 Å². The van der Waals surface area contributed by atoms with Crippen LogP contribution >= 0.6 is 23.2 Å². The number of carbonyl (C=O) groups is 1. The molecule has 21 heavy (non-hydrogen) atoms. The number of pyridine rings is 1. The van der Waals surface area contributed by atoms with Crippen LogP contribution in [0.5, 0.6) is 0 Å². The summed E-state index contributed by atoms with van der Waals surface area (Å²) in [6.45, 7) is 0. The van der Waals surface area contributed by atoms with Crippen LogP contribution in [-0.4, -0.2) is 26.5 Å². The van der Waals surface area contributed by atoms with Crippen molar-refractivity contribution in [2.24, 2.45) is 0 Å². The normalized spacial score (nSPS) is 21.4. The molecule has 2 aromatic heterocycles. The zero-order valence-electron chi connectivity index (χ0n) is 11.2. The maximum atomic E-state index is 12.3. The van der Waals surface area contributed by atoms with Crippen LogP contribution < -0.4 is 5.32 Å². The fourth-order valence-electron chi connectivity index (χ4n) is 2.73. The minimum Gasteiger partial charge on any atom is -0.347 e. The predicted molar refractivity (Wildman–Crippen MR) is 80.6 cm³/mol. The smallest absolute Gasteiger partial charge is 0.253 e. The van der Waals surface area contributed by atoms with Gasteiger partial charge < -0.3 is 9.88 Å². The highest BCUT2D eigenvalue weighted by atomic mass is 35.5. The summed E-state index contributed by atoms with van der Waals surface area (Å²) in [5.41, 5.74) is 0.417. The molecule has 0 saturated heterocycles. The zero-order chi connectivity index (χ0) is 14.8. The molecule has 0 radical (unpaired) electrons. The Kier molecular flexibility index (Phi) is 4.12. The Balaban J connectivity index is 1.73. The molecule has 0 spiro atoms. The maximum Gasteiger partial charge on any atom is 0.253 e. The molecule has 2 heterocycles. The van der Waals surface area contributed by atoms with Crippen LogP contribution in [-0.2, 0) is 0 Å². The van der Waals surface area contributed by atoms with Gasteiger partial charge in [0.2, 0.25) is 0 Å². The first-order valence-electron chi connectivity index (χ1n) is 6.74. The molecule has 7 heteroatoms. The molecule has 1 fully saturated rings. The molecule has 3 rings (SSSR count). The van der Waals surface area contributed by atoms with Crippen molar-refractivity contribution in [3.8, 4) is 0 Å². The zero-order valence-corrected chi connectivity index (χ0v) is 12.7. The number of aromatic nitrogens is 3. The van der Waals surface area contributed by atoms with Gasteiger partial charge in [0.05, 0.1) is 23.0 Å². The van der Waals surface area contributed by atoms with Crippen molar-refractivity contribution < 1.29 is 4.79 Å². The number of carbonyl (C=O) groups excluding carboxylic acids is 1. The second kappa shape index (κ2) is 6.03. The molecular formula is C14H14Cl2N4O. The van der Waals surface area contributed by atoms with Gasteiger partial charge in [-0.25, -0.2) is 9.97 Å². The highest BCUT2D eigenvalue weighted by molar-refractivity contribution is 6.41. The lowest BCUT2D eigenvalue weighted by atomic mass is 10.1. The molecule has 2 aromatic rings. The van der Waals surface area contributed by atoms with E-state index < -0.39 is 0 Å². The number of hydrogen-bond acceptors (Lipinski definition) is 3. The number of imidazole rings is 1. The van der Waals surface area contributed by atoms with Crippen LogP contribution in [0.2, 0.25) is 10.2 Å². The summed E-state index contributed by atoms with van der Waals surface area (Å²) in [6, 6.07) is 1.86. The van der Waals surface area contributed by atoms with Gasteiger partial charge in [0, 0.05) is 24.6 Å². The standard InChI is InChI=1S/C14H14Cl2N4O/c15-10-6-9(7-18-13(10)16)14(21)19-11-2-1-3-12(11)20-5-4-17-8-20/h4-8,11-12H,1-3H2,(H,19,21). The van der Waals surface area contributed by atoms with Crippen molar-refractivity contribution in [1.29, 1.82) is 0 Å². The molecule has 2 atom stereocenters. The second-order valence-electron chi connectivity index (χ2n) is 5.08. The van der Waals surface area contributed by atoms with Crippen LogP contribution in [0.15, 0.2) is 31.0 Å². The van der Waals surface area contributed by atoms with Crippen molar-refractivity contribution in [3.63, 3.8) is 0 Å². The van der Waals surface area contributed by atoms with Crippen LogP contribution in [0.3, 0.4) is 0 Å². The quantitative estimate of drug-likeness (QED) is 0.882. The van der Waals surface area contributed by atoms with Crippen LogP contribution in [0.25, 0.3) is 0 Å². The third kappa shape index (κ3) is 3.04. The van der Waals surface area contributed by atoms with Gasteiger partial charge in [0.15, 0.2) is 0 Å². The van der Waals surface area contributed by atoms with E-state index in [1.54, 1.807) is 12.5 Å². The van der Waals surface area contributed by atoms with Gasteiger partial charge in [0.1, 0.15) is 5.15 Å². The molecular weight excluding hydrogens is 311 g/mol. The second-order valence-corrected chi connectivity index (χ2v) is 5.85. The monoisotopic (exact) mass is 324 g/mol. The van der Waals surface area contributed by atoms with Crippen molar-refractivity contribution in [2.75, 3.05) is 0 Å². The summed E-state index contributed by atoms with van der Waals surface area (Å²) in [6.07, 6.45) is 9.95. The minimum absolute atomic E-state index is 0.0844. The van der Waals surface area contributed by atoms with E-state index in [1.165, 1.54) is 12.3 Å². The van der Waals surface area contributed by atoms with E-state index in [9.17, 15) is 4.79 Å². The first kappa shape index (κ1) is 14.4. The number of amides is 1. The van der Waals surface area contributed by atoms with E-state index >= 15 is 0 Å². The van der Waals surface area contributed by atoms with E-state index in [2.05, 4.69) is 15.3 Å². The summed E-state index contributed by atoms with van der Waals surface area (Å²) < 4.78 is 2.05. The third-order valence-electron chi connectivity index (χ3n) is 3.76. The molecule has 5 nitrogen and oxygen atoms in total. The van der Waals surface area contributed by atoms with Crippen molar-refractivity contribution in [3.05, 3.63) is 46.7 Å². The van der Waals surface area contributed by atoms with Crippen molar-refractivity contribution >= 4 is 29.1 Å². The number of rotatable bonds is 3. The average molecular weight is 325 g/mol. The molecule has 0 aliphatic heterocycles. The Morgan fingerprint density at radius 3 is 2.95 bits per heavy atom. The summed E-state index contributed by atoms with van der Waals surface area (Å²) in [4.78, 5) is 20.3. The molecule has 1 aliphatic rings. The van der Waals surface area contributed by atoms with E-state index in [-0.39, 0.29) is 28.2 Å². The number of halogens is 2. The van der Waals surface area contributed by atoms with E-state index in [1.807, 2.05) is 10.8 Å². The van der Waals surface area contributed by atoms with E-state index in [0.717, 1.165) is 19.3 Å². The molecule has 0 bridgehead atoms. The lowest BCUT2D eigenvalue weighted by Crippen LogP contribution is -2.38. The minimum atomic E-state index is -0.182. The molecule has 1 aliphatic carbocycles. The van der Waals surface area contributed by atoms with Crippen molar-refractivity contribution in [2.45, 2.75) is 31.3 Å². The van der Waals surface area contributed by atoms with Crippen molar-refractivity contribution in [1.82, 2.24) is 19.9 Å². The molecule has 1 N–H and O–H groups in total. The molecule has 2 unspecified atom stereocenters. The average Bonchev–Trinajstić information content (AvgIpc) is 3.12. The van der Waals surface area contributed by atoms with Gasteiger partial charge in [-0.3, -0.25) is 4.79 Å². The Bertz CT molecular complexity index is 644. The van der Waals surface area contributed by atoms with Gasteiger partial charge in [-0.05, 0) is 25.3 Å². The summed E-state index contributed by atoms with van der Waals surface area (Å²) in [5, 5.41) is 3.53. The van der Waals surface area contributed by atoms with Gasteiger partial charge in [-0.15, -0.1) is 0 Å². The molecule has 110 valence electrons. The topological polar surface area (TPSA) is 59.8 Å². The van der Waals surface area contributed by atoms with Gasteiger partial charge >= 0.3 is 0 Å². The highest BCUT2D eigenvalue weighted by Gasteiger charge is 2.30. The largest absolute Gasteiger partial charge is 0.347 e. The Morgan fingerprint density at radius 1 is 1.38 bits per heavy atom. The fourth-order valence-corrected chi connectivity index (χ4v) is 3.00. The third-order valence-corrected chi connectivity index (χ3v) is 4.45. The molecule has 0 aromatic carbocycles. The Labute approximate surface area is 132 Å². The van der Waals surface area contributed by atoms with Gasteiger partial charge in [-0.1, -0.05) is 23.2 Å². The summed E-state index contributed by atoms with van der Waals surface area (Å²) in [7, 11) is 0. The van der Waals surface area contributed by atoms with Crippen LogP contribution in [0, 0.1) is 0 Å². The molecule has 1 saturated carbocycles. The van der Waals surface area contributed by atoms with Crippen LogP contribution in [0.1, 0.15) is 35.7 Å². The lowest BCUT2D eigenvalue weighted by Gasteiger charge is -2.22. The number of nitrogens with zero attached hydrogens (tertiary/aromatic N) is 3. The van der Waals surface area contributed by atoms with Gasteiger partial charge in [-0.2, -0.15) is 0 Å². The highest BCUT2D eigenvalue weighted by Crippen LogP contribution is 2.30. The fraction of sp³-hybridized carbons (Fsp3) is 0.357. The Hall–Kier alpha value is -1.59. The van der Waals surface area contributed by atoms with Crippen LogP contribution in [0.4, 0.5) is 0 Å². The predicted octanol–water partition coefficient (Wildman–Crippen LogP) is 3.11. The summed E-state index contributed by atoms with van der Waals surface area (Å²) in [5.74, 6) is -0.182. The van der Waals surface area contributed by atoms with E-state index in [4.69, 9.17) is 23.2 Å². The molecule has 1 amide bonds. The first-order valence-corrected chi connectivity index (χ1v) is 7.50. The number of nitrogens with one attached hydrogen (secondary N) is 1. The SMILES string of the molecule is O=C(NC1CCCC1n1ccnc1)c1cnc(Cl)c(Cl)c1.